The summed E-state index contributed by atoms with van der Waals surface area (Å²) in [4.78, 5) is 14.1. The largest absolute Gasteiger partial charge is 0.304 e. The van der Waals surface area contributed by atoms with Crippen LogP contribution in [0.5, 0.6) is 0 Å². The zero-order chi connectivity index (χ0) is 14.1. The molecule has 3 rings (SSSR count). The molecule has 2 aromatic carbocycles. The zero-order valence-corrected chi connectivity index (χ0v) is 11.2. The molecule has 3 heteroatoms. The van der Waals surface area contributed by atoms with Crippen molar-refractivity contribution in [1.82, 2.24) is 4.90 Å². The summed E-state index contributed by atoms with van der Waals surface area (Å²) in [6.07, 6.45) is 0.529. The van der Waals surface area contributed by atoms with E-state index in [0.717, 1.165) is 28.0 Å². The Balaban J connectivity index is 1.85. The second-order valence-corrected chi connectivity index (χ2v) is 4.90. The first-order valence-corrected chi connectivity index (χ1v) is 6.59. The van der Waals surface area contributed by atoms with Crippen molar-refractivity contribution in [2.45, 2.75) is 12.9 Å². The molecule has 0 fully saturated rings. The molecule has 0 atom stereocenters. The Morgan fingerprint density at radius 1 is 0.950 bits per heavy atom. The molecule has 1 amide bonds. The highest BCUT2D eigenvalue weighted by Crippen LogP contribution is 2.32. The van der Waals surface area contributed by atoms with Crippen LogP contribution in [0.2, 0.25) is 0 Å². The molecule has 2 radical (unpaired) electrons. The highest BCUT2D eigenvalue weighted by atomic mass is 16.2. The predicted octanol–water partition coefficient (Wildman–Crippen LogP) is 2.98. The van der Waals surface area contributed by atoms with E-state index in [-0.39, 0.29) is 5.91 Å². The fourth-order valence-electron chi connectivity index (χ4n) is 2.47. The Morgan fingerprint density at radius 3 is 2.15 bits per heavy atom. The minimum atomic E-state index is 0.0218. The van der Waals surface area contributed by atoms with Gasteiger partial charge < -0.3 is 4.90 Å². The van der Waals surface area contributed by atoms with Crippen LogP contribution < -0.4 is 0 Å². The van der Waals surface area contributed by atoms with Gasteiger partial charge in [0, 0.05) is 16.8 Å². The van der Waals surface area contributed by atoms with Crippen LogP contribution in [0.4, 0.5) is 0 Å². The van der Waals surface area contributed by atoms with Crippen LogP contribution in [0.15, 0.2) is 55.1 Å². The van der Waals surface area contributed by atoms with Gasteiger partial charge in [-0.25, -0.2) is 0 Å². The molecule has 1 aliphatic rings. The van der Waals surface area contributed by atoms with Crippen LogP contribution in [-0.2, 0) is 12.9 Å². The third-order valence-electron chi connectivity index (χ3n) is 3.64. The zero-order valence-electron chi connectivity index (χ0n) is 11.2. The Labute approximate surface area is 120 Å². The topological polar surface area (TPSA) is 20.3 Å². The van der Waals surface area contributed by atoms with E-state index in [1.165, 1.54) is 0 Å². The summed E-state index contributed by atoms with van der Waals surface area (Å²) < 4.78 is 0. The van der Waals surface area contributed by atoms with E-state index in [1.54, 1.807) is 4.90 Å². The van der Waals surface area contributed by atoms with Crippen LogP contribution in [0.1, 0.15) is 27.0 Å². The van der Waals surface area contributed by atoms with E-state index in [4.69, 9.17) is 7.85 Å². The first kappa shape index (κ1) is 12.7. The molecule has 0 spiro atoms. The molecule has 96 valence electrons. The lowest BCUT2D eigenvalue weighted by Crippen LogP contribution is -2.22. The van der Waals surface area contributed by atoms with Crippen molar-refractivity contribution in [3.63, 3.8) is 0 Å². The third-order valence-corrected chi connectivity index (χ3v) is 3.64. The lowest BCUT2D eigenvalue weighted by molar-refractivity contribution is 0.0843. The van der Waals surface area contributed by atoms with Crippen molar-refractivity contribution in [1.29, 1.82) is 0 Å². The number of carbonyl (C=O) groups excluding carboxylic acids is 1. The van der Waals surface area contributed by atoms with E-state index in [2.05, 4.69) is 6.58 Å². The summed E-state index contributed by atoms with van der Waals surface area (Å²) in [6.45, 7) is 4.58. The van der Waals surface area contributed by atoms with Gasteiger partial charge in [-0.05, 0) is 11.6 Å². The molecule has 2 aromatic rings. The van der Waals surface area contributed by atoms with Gasteiger partial charge in [0.25, 0.3) is 5.91 Å². The van der Waals surface area contributed by atoms with Crippen molar-refractivity contribution in [3.05, 3.63) is 77.4 Å². The van der Waals surface area contributed by atoms with Crippen LogP contribution in [0.25, 0.3) is 5.70 Å². The Hall–Kier alpha value is -2.29. The molecule has 20 heavy (non-hydrogen) atoms. The second kappa shape index (κ2) is 5.01. The molecule has 0 aromatic heterocycles. The van der Waals surface area contributed by atoms with E-state index < -0.39 is 0 Å². The van der Waals surface area contributed by atoms with Crippen molar-refractivity contribution < 1.29 is 4.79 Å². The summed E-state index contributed by atoms with van der Waals surface area (Å²) in [7, 11) is 5.59. The van der Waals surface area contributed by atoms with Crippen LogP contribution in [-0.4, -0.2) is 18.7 Å². The monoisotopic (exact) mass is 259 g/mol. The van der Waals surface area contributed by atoms with E-state index in [1.807, 2.05) is 48.5 Å². The molecule has 0 saturated heterocycles. The maximum absolute atomic E-state index is 12.4. The number of amides is 1. The SMILES string of the molecule is [B]Cc1ccc(CN2C(=C)c3ccccc3C2=O)cc1. The van der Waals surface area contributed by atoms with Crippen LogP contribution in [0.3, 0.4) is 0 Å². The van der Waals surface area contributed by atoms with Crippen LogP contribution in [0, 0.1) is 0 Å². The second-order valence-electron chi connectivity index (χ2n) is 4.90. The molecular weight excluding hydrogens is 245 g/mol. The minimum absolute atomic E-state index is 0.0218. The lowest BCUT2D eigenvalue weighted by atomic mass is 9.96. The van der Waals surface area contributed by atoms with Gasteiger partial charge in [-0.1, -0.05) is 60.9 Å². The number of carbonyl (C=O) groups is 1. The average Bonchev–Trinajstić information content (AvgIpc) is 2.74. The quantitative estimate of drug-likeness (QED) is 0.776. The number of fused-ring (bicyclic) bond motifs is 1. The van der Waals surface area contributed by atoms with Crippen molar-refractivity contribution >= 4 is 19.5 Å². The summed E-state index contributed by atoms with van der Waals surface area (Å²) in [5.74, 6) is 0.0218. The normalized spacial score (nSPS) is 13.7. The molecule has 0 unspecified atom stereocenters. The van der Waals surface area contributed by atoms with Gasteiger partial charge in [-0.15, -0.1) is 0 Å². The average molecular weight is 259 g/mol. The van der Waals surface area contributed by atoms with Gasteiger partial charge >= 0.3 is 0 Å². The Bertz CT molecular complexity index is 641. The first-order valence-electron chi connectivity index (χ1n) is 6.59. The summed E-state index contributed by atoms with van der Waals surface area (Å²) >= 11 is 0. The highest BCUT2D eigenvalue weighted by Gasteiger charge is 2.30. The number of rotatable bonds is 3. The lowest BCUT2D eigenvalue weighted by Gasteiger charge is -2.17. The number of hydrogen-bond acceptors (Lipinski definition) is 1. The van der Waals surface area contributed by atoms with Gasteiger partial charge in [0.05, 0.1) is 14.4 Å². The Kier molecular flexibility index (Phi) is 3.19. The molecule has 1 heterocycles. The summed E-state index contributed by atoms with van der Waals surface area (Å²) in [5, 5.41) is 0. The van der Waals surface area contributed by atoms with Gasteiger partial charge in [-0.2, -0.15) is 0 Å². The molecule has 1 aliphatic heterocycles. The third kappa shape index (κ3) is 2.05. The molecule has 0 saturated carbocycles. The van der Waals surface area contributed by atoms with E-state index in [0.29, 0.717) is 12.9 Å². The van der Waals surface area contributed by atoms with Gasteiger partial charge in [0.2, 0.25) is 0 Å². The standard InChI is InChI=1S/C17H14BNO/c1-12-15-4-2-3-5-16(15)17(20)19(12)11-14-8-6-13(10-18)7-9-14/h2-9H,1,10-11H2. The minimum Gasteiger partial charge on any atom is -0.304 e. The van der Waals surface area contributed by atoms with E-state index in [9.17, 15) is 4.79 Å². The molecule has 0 N–H and O–H groups in total. The Morgan fingerprint density at radius 2 is 1.55 bits per heavy atom. The van der Waals surface area contributed by atoms with Crippen molar-refractivity contribution in [2.75, 3.05) is 0 Å². The van der Waals surface area contributed by atoms with Gasteiger partial charge in [0.1, 0.15) is 0 Å². The predicted molar refractivity (Wildman–Crippen MR) is 81.2 cm³/mol. The summed E-state index contributed by atoms with van der Waals surface area (Å²) in [5.41, 5.74) is 4.59. The molecule has 0 bridgehead atoms. The van der Waals surface area contributed by atoms with Gasteiger partial charge in [-0.3, -0.25) is 4.79 Å². The molecule has 0 aliphatic carbocycles. The molecule has 2 nitrogen and oxygen atoms in total. The molecular formula is C17H14BNO. The number of nitrogens with zero attached hydrogens (tertiary/aromatic N) is 1. The number of benzene rings is 2. The van der Waals surface area contributed by atoms with E-state index >= 15 is 0 Å². The summed E-state index contributed by atoms with van der Waals surface area (Å²) in [6, 6.07) is 15.6. The fourth-order valence-corrected chi connectivity index (χ4v) is 2.47. The maximum atomic E-state index is 12.4. The first-order chi connectivity index (χ1) is 9.70. The van der Waals surface area contributed by atoms with Gasteiger partial charge in [0.15, 0.2) is 0 Å². The number of hydrogen-bond donors (Lipinski definition) is 0. The van der Waals surface area contributed by atoms with Crippen LogP contribution >= 0.6 is 0 Å². The smallest absolute Gasteiger partial charge is 0.259 e. The van der Waals surface area contributed by atoms with Crippen molar-refractivity contribution in [3.8, 4) is 0 Å². The fraction of sp³-hybridized carbons (Fsp3) is 0.118. The maximum Gasteiger partial charge on any atom is 0.259 e. The highest BCUT2D eigenvalue weighted by molar-refractivity contribution is 6.09. The van der Waals surface area contributed by atoms with Crippen molar-refractivity contribution in [2.24, 2.45) is 0 Å².